The number of likely N-dealkylation sites (tertiary alicyclic amines) is 1. The maximum atomic E-state index is 13.0. The number of anilines is 2. The fourth-order valence-electron chi connectivity index (χ4n) is 3.71. The summed E-state index contributed by atoms with van der Waals surface area (Å²) in [4.78, 5) is 27.6. The van der Waals surface area contributed by atoms with Gasteiger partial charge in [0.2, 0.25) is 0 Å². The molecule has 1 aliphatic heterocycles. The first-order valence-corrected chi connectivity index (χ1v) is 11.4. The lowest BCUT2D eigenvalue weighted by Crippen LogP contribution is -2.46. The summed E-state index contributed by atoms with van der Waals surface area (Å²) in [6.07, 6.45) is 2.77. The van der Waals surface area contributed by atoms with E-state index in [1.165, 1.54) is 6.26 Å². The van der Waals surface area contributed by atoms with Gasteiger partial charge in [0.25, 0.3) is 17.6 Å². The van der Waals surface area contributed by atoms with E-state index in [2.05, 4.69) is 10.6 Å². The minimum absolute atomic E-state index is 0.0446. The number of piperidine rings is 1. The quantitative estimate of drug-likeness (QED) is 0.453. The molecule has 0 unspecified atom stereocenters. The maximum absolute atomic E-state index is 13.0. The van der Waals surface area contributed by atoms with E-state index in [0.29, 0.717) is 65.3 Å². The lowest BCUT2D eigenvalue weighted by Gasteiger charge is -2.32. The third-order valence-electron chi connectivity index (χ3n) is 5.38. The monoisotopic (exact) mass is 471 g/mol. The third kappa shape index (κ3) is 5.92. The number of nitrogens with one attached hydrogen (secondary N) is 2. The molecule has 2 amide bonds. The van der Waals surface area contributed by atoms with Gasteiger partial charge in [0.15, 0.2) is 5.76 Å². The van der Waals surface area contributed by atoms with Gasteiger partial charge in [-0.3, -0.25) is 9.59 Å². The van der Waals surface area contributed by atoms with Gasteiger partial charge in [-0.2, -0.15) is 8.78 Å². The number of hydrogen-bond donors (Lipinski definition) is 2. The molecule has 2 aromatic carbocycles. The molecule has 2 heterocycles. The van der Waals surface area contributed by atoms with Crippen molar-refractivity contribution in [3.63, 3.8) is 0 Å². The van der Waals surface area contributed by atoms with Crippen molar-refractivity contribution < 1.29 is 22.8 Å². The van der Waals surface area contributed by atoms with Gasteiger partial charge in [-0.25, -0.2) is 0 Å². The number of rotatable bonds is 7. The average molecular weight is 472 g/mol. The summed E-state index contributed by atoms with van der Waals surface area (Å²) >= 11 is 0.487. The fourth-order valence-corrected chi connectivity index (χ4v) is 4.21. The predicted molar refractivity (Wildman–Crippen MR) is 123 cm³/mol. The van der Waals surface area contributed by atoms with E-state index in [-0.39, 0.29) is 17.9 Å². The first kappa shape index (κ1) is 22.8. The summed E-state index contributed by atoms with van der Waals surface area (Å²) in [5.74, 6) is -2.50. The minimum atomic E-state index is -2.47. The Labute approximate surface area is 194 Å². The smallest absolute Gasteiger partial charge is 0.289 e. The number of carbonyl (C=O) groups is 2. The highest BCUT2D eigenvalue weighted by Crippen LogP contribution is 2.28. The molecular formula is C24H23F2N3O3S. The Morgan fingerprint density at radius 3 is 2.39 bits per heavy atom. The van der Waals surface area contributed by atoms with Crippen molar-refractivity contribution in [3.05, 3.63) is 78.3 Å². The molecule has 0 aliphatic carbocycles. The summed E-state index contributed by atoms with van der Waals surface area (Å²) in [7, 11) is 0. The van der Waals surface area contributed by atoms with Crippen LogP contribution >= 0.6 is 11.8 Å². The van der Waals surface area contributed by atoms with E-state index in [4.69, 9.17) is 4.42 Å². The van der Waals surface area contributed by atoms with Crippen molar-refractivity contribution in [3.8, 4) is 0 Å². The second-order valence-corrected chi connectivity index (χ2v) is 8.65. The van der Waals surface area contributed by atoms with Gasteiger partial charge in [0.05, 0.1) is 17.5 Å². The molecular weight excluding hydrogens is 448 g/mol. The van der Waals surface area contributed by atoms with Crippen LogP contribution in [0.2, 0.25) is 0 Å². The van der Waals surface area contributed by atoms with Crippen molar-refractivity contribution >= 4 is 35.0 Å². The zero-order valence-corrected chi connectivity index (χ0v) is 18.5. The van der Waals surface area contributed by atoms with Crippen LogP contribution in [0.4, 0.5) is 20.2 Å². The molecule has 33 heavy (non-hydrogen) atoms. The lowest BCUT2D eigenvalue weighted by atomic mass is 10.0. The van der Waals surface area contributed by atoms with Crippen molar-refractivity contribution in [2.45, 2.75) is 29.5 Å². The number of nitrogens with zero attached hydrogens (tertiary/aromatic N) is 1. The van der Waals surface area contributed by atoms with E-state index in [1.54, 1.807) is 59.5 Å². The number of thioether (sulfide) groups is 1. The maximum Gasteiger partial charge on any atom is 0.289 e. The summed E-state index contributed by atoms with van der Waals surface area (Å²) in [6, 6.07) is 17.0. The van der Waals surface area contributed by atoms with Crippen LogP contribution in [0, 0.1) is 0 Å². The number of hydrogen-bond acceptors (Lipinski definition) is 5. The van der Waals surface area contributed by atoms with E-state index in [9.17, 15) is 18.4 Å². The number of para-hydroxylation sites is 1. The molecule has 1 aliphatic rings. The molecule has 0 saturated carbocycles. The highest BCUT2D eigenvalue weighted by Gasteiger charge is 2.26. The van der Waals surface area contributed by atoms with Crippen molar-refractivity contribution in [2.75, 3.05) is 18.4 Å². The van der Waals surface area contributed by atoms with Crippen LogP contribution in [0.5, 0.6) is 0 Å². The molecule has 0 atom stereocenters. The summed E-state index contributed by atoms with van der Waals surface area (Å²) in [5.41, 5.74) is 1.80. The van der Waals surface area contributed by atoms with Gasteiger partial charge >= 0.3 is 0 Å². The fraction of sp³-hybridized carbons (Fsp3) is 0.250. The first-order chi connectivity index (χ1) is 16.0. The lowest BCUT2D eigenvalue weighted by molar-refractivity contribution is 0.0667. The Bertz CT molecular complexity index is 1080. The van der Waals surface area contributed by atoms with Crippen LogP contribution in [0.1, 0.15) is 33.8 Å². The van der Waals surface area contributed by atoms with E-state index in [1.807, 2.05) is 6.07 Å². The summed E-state index contributed by atoms with van der Waals surface area (Å²) in [5, 5.41) is 6.25. The van der Waals surface area contributed by atoms with Crippen LogP contribution in [-0.4, -0.2) is 41.6 Å². The predicted octanol–water partition coefficient (Wildman–Crippen LogP) is 5.37. The normalized spacial score (nSPS) is 14.3. The number of furan rings is 1. The summed E-state index contributed by atoms with van der Waals surface area (Å²) in [6.45, 7) is 1.07. The second-order valence-electron chi connectivity index (χ2n) is 7.59. The molecule has 6 nitrogen and oxygen atoms in total. The molecule has 0 spiro atoms. The molecule has 1 fully saturated rings. The molecule has 9 heteroatoms. The Balaban J connectivity index is 1.35. The molecule has 172 valence electrons. The first-order valence-electron chi connectivity index (χ1n) is 10.5. The zero-order chi connectivity index (χ0) is 23.2. The van der Waals surface area contributed by atoms with E-state index in [0.717, 1.165) is 0 Å². The highest BCUT2D eigenvalue weighted by molar-refractivity contribution is 7.99. The molecule has 3 aromatic rings. The van der Waals surface area contributed by atoms with Crippen LogP contribution in [0.3, 0.4) is 0 Å². The largest absolute Gasteiger partial charge is 0.459 e. The Kier molecular flexibility index (Phi) is 7.29. The Morgan fingerprint density at radius 1 is 1.00 bits per heavy atom. The second kappa shape index (κ2) is 10.5. The van der Waals surface area contributed by atoms with Gasteiger partial charge in [0.1, 0.15) is 0 Å². The topological polar surface area (TPSA) is 74.6 Å². The number of amides is 2. The molecule has 1 aromatic heterocycles. The van der Waals surface area contributed by atoms with Gasteiger partial charge in [-0.05, 0) is 61.4 Å². The standard InChI is InChI=1S/C24H23F2N3O3S/c25-24(26)33-18-9-7-16(8-10-18)27-20-5-2-1-4-19(20)22(30)28-17-11-13-29(14-12-17)23(31)21-6-3-15-32-21/h1-10,15,17,24,27H,11-14H2,(H,28,30). The Morgan fingerprint density at radius 2 is 1.73 bits per heavy atom. The van der Waals surface area contributed by atoms with Gasteiger partial charge in [-0.1, -0.05) is 23.9 Å². The molecule has 0 bridgehead atoms. The van der Waals surface area contributed by atoms with E-state index >= 15 is 0 Å². The van der Waals surface area contributed by atoms with Crippen LogP contribution in [-0.2, 0) is 0 Å². The van der Waals surface area contributed by atoms with Gasteiger partial charge in [-0.15, -0.1) is 0 Å². The Hall–Kier alpha value is -3.33. The van der Waals surface area contributed by atoms with Gasteiger partial charge < -0.3 is 20.0 Å². The molecule has 0 radical (unpaired) electrons. The van der Waals surface area contributed by atoms with Crippen molar-refractivity contribution in [1.82, 2.24) is 10.2 Å². The zero-order valence-electron chi connectivity index (χ0n) is 17.7. The van der Waals surface area contributed by atoms with Gasteiger partial charge in [0, 0.05) is 29.7 Å². The number of benzene rings is 2. The highest BCUT2D eigenvalue weighted by atomic mass is 32.2. The minimum Gasteiger partial charge on any atom is -0.459 e. The van der Waals surface area contributed by atoms with Crippen LogP contribution in [0.25, 0.3) is 0 Å². The number of halogens is 2. The number of alkyl halides is 2. The molecule has 1 saturated heterocycles. The summed E-state index contributed by atoms with van der Waals surface area (Å²) < 4.78 is 30.2. The number of carbonyl (C=O) groups excluding carboxylic acids is 2. The van der Waals surface area contributed by atoms with Crippen LogP contribution < -0.4 is 10.6 Å². The van der Waals surface area contributed by atoms with E-state index < -0.39 is 5.76 Å². The van der Waals surface area contributed by atoms with Crippen molar-refractivity contribution in [1.29, 1.82) is 0 Å². The molecule has 4 rings (SSSR count). The third-order valence-corrected chi connectivity index (χ3v) is 6.10. The SMILES string of the molecule is O=C(NC1CCN(C(=O)c2ccco2)CC1)c1ccccc1Nc1ccc(SC(F)F)cc1. The van der Waals surface area contributed by atoms with Crippen LogP contribution in [0.15, 0.2) is 76.2 Å². The molecule has 2 N–H and O–H groups in total. The van der Waals surface area contributed by atoms with Crippen molar-refractivity contribution in [2.24, 2.45) is 0 Å². The average Bonchev–Trinajstić information content (AvgIpc) is 3.35.